The molecule has 1 aliphatic heterocycles. The van der Waals surface area contributed by atoms with E-state index in [9.17, 15) is 13.2 Å². The maximum absolute atomic E-state index is 12.8. The number of sulfonamides is 1. The largest absolute Gasteiger partial charge is 0.339 e. The number of aryl methyl sites for hydroxylation is 1. The number of nitrogens with zero attached hydrogens (tertiary/aromatic N) is 2. The first-order valence-corrected chi connectivity index (χ1v) is 12.6. The van der Waals surface area contributed by atoms with E-state index in [0.717, 1.165) is 29.0 Å². The van der Waals surface area contributed by atoms with Crippen LogP contribution < -0.4 is 4.72 Å². The Morgan fingerprint density at radius 1 is 1.24 bits per heavy atom. The van der Waals surface area contributed by atoms with Gasteiger partial charge in [0.1, 0.15) is 5.03 Å². The van der Waals surface area contributed by atoms with Gasteiger partial charge in [0.25, 0.3) is 5.91 Å². The number of amides is 1. The highest BCUT2D eigenvalue weighted by molar-refractivity contribution is 7.98. The summed E-state index contributed by atoms with van der Waals surface area (Å²) in [5.41, 5.74) is 2.48. The molecule has 1 fully saturated rings. The molecule has 6 nitrogen and oxygen atoms in total. The minimum absolute atomic E-state index is 0.000859. The number of hydrogen-bond donors (Lipinski definition) is 1. The van der Waals surface area contributed by atoms with E-state index in [1.54, 1.807) is 12.3 Å². The lowest BCUT2D eigenvalue weighted by molar-refractivity contribution is 0.0687. The van der Waals surface area contributed by atoms with Crippen molar-refractivity contribution in [3.05, 3.63) is 59.3 Å². The number of carbonyl (C=O) groups excluding carboxylic acids is 1. The van der Waals surface area contributed by atoms with Crippen molar-refractivity contribution in [2.75, 3.05) is 25.9 Å². The minimum Gasteiger partial charge on any atom is -0.339 e. The molecule has 1 N–H and O–H groups in total. The number of aromatic nitrogens is 1. The van der Waals surface area contributed by atoms with Crippen LogP contribution in [-0.4, -0.2) is 50.1 Å². The Morgan fingerprint density at radius 2 is 2.00 bits per heavy atom. The summed E-state index contributed by atoms with van der Waals surface area (Å²) in [6.45, 7) is 3.63. The number of nitrogens with one attached hydrogen (secondary N) is 1. The van der Waals surface area contributed by atoms with E-state index >= 15 is 0 Å². The highest BCUT2D eigenvalue weighted by Gasteiger charge is 2.26. The van der Waals surface area contributed by atoms with Crippen LogP contribution in [0.2, 0.25) is 0 Å². The predicted molar refractivity (Wildman–Crippen MR) is 116 cm³/mol. The molecule has 1 saturated heterocycles. The Bertz CT molecular complexity index is 955. The lowest BCUT2D eigenvalue weighted by atomic mass is 9.97. The fraction of sp³-hybridized carbons (Fsp3) is 0.429. The van der Waals surface area contributed by atoms with E-state index < -0.39 is 10.0 Å². The first-order valence-electron chi connectivity index (χ1n) is 9.69. The van der Waals surface area contributed by atoms with E-state index in [-0.39, 0.29) is 17.6 Å². The Hall–Kier alpha value is -1.90. The molecule has 156 valence electrons. The molecular formula is C21H27N3O3S2. The van der Waals surface area contributed by atoms with Crippen molar-refractivity contribution in [1.82, 2.24) is 14.6 Å². The van der Waals surface area contributed by atoms with Gasteiger partial charge in [0.05, 0.1) is 11.3 Å². The Labute approximate surface area is 177 Å². The fourth-order valence-electron chi connectivity index (χ4n) is 3.54. The highest BCUT2D eigenvalue weighted by Crippen LogP contribution is 2.23. The summed E-state index contributed by atoms with van der Waals surface area (Å²) < 4.78 is 27.5. The van der Waals surface area contributed by atoms with Crippen molar-refractivity contribution in [2.45, 2.75) is 30.5 Å². The summed E-state index contributed by atoms with van der Waals surface area (Å²) in [7, 11) is -3.37. The van der Waals surface area contributed by atoms with Gasteiger partial charge in [-0.3, -0.25) is 4.79 Å². The third-order valence-corrected chi connectivity index (χ3v) is 7.16. The normalized spacial score (nSPS) is 15.4. The second kappa shape index (κ2) is 9.73. The van der Waals surface area contributed by atoms with E-state index in [1.807, 2.05) is 48.4 Å². The molecule has 0 unspecified atom stereocenters. The van der Waals surface area contributed by atoms with Crippen LogP contribution in [0.3, 0.4) is 0 Å². The quantitative estimate of drug-likeness (QED) is 0.679. The first kappa shape index (κ1) is 21.8. The number of piperidine rings is 1. The molecule has 0 radical (unpaired) electrons. The second-order valence-electron chi connectivity index (χ2n) is 7.39. The van der Waals surface area contributed by atoms with Crippen LogP contribution in [0.25, 0.3) is 0 Å². The Morgan fingerprint density at radius 3 is 2.69 bits per heavy atom. The summed E-state index contributed by atoms with van der Waals surface area (Å²) in [4.78, 5) is 18.9. The number of benzene rings is 1. The van der Waals surface area contributed by atoms with Crippen molar-refractivity contribution < 1.29 is 13.2 Å². The summed E-state index contributed by atoms with van der Waals surface area (Å²) in [5.74, 6) is 0.228. The zero-order valence-corrected chi connectivity index (χ0v) is 18.4. The summed E-state index contributed by atoms with van der Waals surface area (Å²) in [5, 5.41) is 0.739. The van der Waals surface area contributed by atoms with Crippen molar-refractivity contribution >= 4 is 27.7 Å². The van der Waals surface area contributed by atoms with E-state index in [1.165, 1.54) is 11.8 Å². The van der Waals surface area contributed by atoms with Gasteiger partial charge in [-0.15, -0.1) is 11.8 Å². The van der Waals surface area contributed by atoms with Gasteiger partial charge in [-0.2, -0.15) is 0 Å². The van der Waals surface area contributed by atoms with E-state index in [0.29, 0.717) is 25.2 Å². The second-order valence-corrected chi connectivity index (χ2v) is 9.99. The molecule has 3 rings (SSSR count). The monoisotopic (exact) mass is 433 g/mol. The molecule has 0 atom stereocenters. The molecule has 8 heteroatoms. The van der Waals surface area contributed by atoms with Crippen LogP contribution in [-0.2, 0) is 15.8 Å². The summed E-state index contributed by atoms with van der Waals surface area (Å²) >= 11 is 1.47. The van der Waals surface area contributed by atoms with Crippen LogP contribution in [0.4, 0.5) is 0 Å². The zero-order valence-electron chi connectivity index (χ0n) is 16.8. The topological polar surface area (TPSA) is 79.4 Å². The predicted octanol–water partition coefficient (Wildman–Crippen LogP) is 3.08. The molecule has 0 aliphatic carbocycles. The highest BCUT2D eigenvalue weighted by atomic mass is 32.2. The van der Waals surface area contributed by atoms with Crippen molar-refractivity contribution in [3.8, 4) is 0 Å². The molecular weight excluding hydrogens is 406 g/mol. The average molecular weight is 434 g/mol. The van der Waals surface area contributed by atoms with Crippen molar-refractivity contribution in [3.63, 3.8) is 0 Å². The first-order chi connectivity index (χ1) is 13.9. The lowest BCUT2D eigenvalue weighted by Gasteiger charge is -2.32. The number of rotatable bonds is 7. The minimum atomic E-state index is -3.37. The van der Waals surface area contributed by atoms with Gasteiger partial charge in [-0.1, -0.05) is 29.8 Å². The van der Waals surface area contributed by atoms with Crippen LogP contribution in [0, 0.1) is 12.8 Å². The van der Waals surface area contributed by atoms with Crippen LogP contribution in [0.1, 0.15) is 34.3 Å². The smallest absolute Gasteiger partial charge is 0.256 e. The number of carbonyl (C=O) groups is 1. The maximum atomic E-state index is 12.8. The maximum Gasteiger partial charge on any atom is 0.256 e. The van der Waals surface area contributed by atoms with Gasteiger partial charge in [0.2, 0.25) is 10.0 Å². The molecule has 2 aromatic rings. The average Bonchev–Trinajstić information content (AvgIpc) is 2.72. The summed E-state index contributed by atoms with van der Waals surface area (Å²) in [6, 6.07) is 11.1. The van der Waals surface area contributed by atoms with Gasteiger partial charge in [0.15, 0.2) is 0 Å². The molecule has 1 aliphatic rings. The van der Waals surface area contributed by atoms with E-state index in [4.69, 9.17) is 0 Å². The molecule has 0 bridgehead atoms. The van der Waals surface area contributed by atoms with Gasteiger partial charge in [-0.05, 0) is 49.6 Å². The van der Waals surface area contributed by atoms with Gasteiger partial charge >= 0.3 is 0 Å². The van der Waals surface area contributed by atoms with Crippen LogP contribution in [0.15, 0.2) is 47.6 Å². The fourth-order valence-corrected chi connectivity index (χ4v) is 5.30. The molecule has 2 heterocycles. The lowest BCUT2D eigenvalue weighted by Crippen LogP contribution is -2.41. The molecule has 1 aromatic heterocycles. The zero-order chi connectivity index (χ0) is 20.9. The molecule has 29 heavy (non-hydrogen) atoms. The molecule has 1 aromatic carbocycles. The van der Waals surface area contributed by atoms with Gasteiger partial charge < -0.3 is 4.90 Å². The van der Waals surface area contributed by atoms with Gasteiger partial charge in [0, 0.05) is 25.8 Å². The number of pyridine rings is 1. The van der Waals surface area contributed by atoms with Crippen LogP contribution >= 0.6 is 11.8 Å². The summed E-state index contributed by atoms with van der Waals surface area (Å²) in [6.07, 6.45) is 5.17. The number of likely N-dealkylation sites (tertiary alicyclic amines) is 1. The van der Waals surface area contributed by atoms with Gasteiger partial charge in [-0.25, -0.2) is 18.1 Å². The number of hydrogen-bond acceptors (Lipinski definition) is 5. The third kappa shape index (κ3) is 6.04. The Kier molecular flexibility index (Phi) is 7.32. The molecule has 0 spiro atoms. The standard InChI is InChI=1S/C21H27N3O3S2/c1-16-5-3-6-18(13-16)15-29(26,27)23-14-17-8-11-24(12-9-17)21(25)19-7-4-10-22-20(19)28-2/h3-7,10,13,17,23H,8-9,11-12,14-15H2,1-2H3. The van der Waals surface area contributed by atoms with E-state index in [2.05, 4.69) is 9.71 Å². The SMILES string of the molecule is CSc1ncccc1C(=O)N1CCC(CNS(=O)(=O)Cc2cccc(C)c2)CC1. The van der Waals surface area contributed by atoms with Crippen molar-refractivity contribution in [1.29, 1.82) is 0 Å². The Balaban J connectivity index is 1.50. The third-order valence-electron chi connectivity index (χ3n) is 5.13. The van der Waals surface area contributed by atoms with Crippen LogP contribution in [0.5, 0.6) is 0 Å². The van der Waals surface area contributed by atoms with Crippen molar-refractivity contribution in [2.24, 2.45) is 5.92 Å². The molecule has 1 amide bonds. The number of thioether (sulfide) groups is 1. The molecule has 0 saturated carbocycles.